The Hall–Kier alpha value is -0.795. The van der Waals surface area contributed by atoms with Crippen LogP contribution >= 0.6 is 0 Å². The molecular formula is C28H49BO2. The lowest BCUT2D eigenvalue weighted by molar-refractivity contribution is 0.00578. The Morgan fingerprint density at radius 2 is 1.13 bits per heavy atom. The Bertz CT molecular complexity index is 615. The van der Waals surface area contributed by atoms with Gasteiger partial charge in [-0.2, -0.15) is 0 Å². The van der Waals surface area contributed by atoms with E-state index in [1.54, 1.807) is 0 Å². The molecule has 2 nitrogen and oxygen atoms in total. The maximum atomic E-state index is 6.43. The average molecular weight is 429 g/mol. The average Bonchev–Trinajstić information content (AvgIpc) is 2.95. The fourth-order valence-electron chi connectivity index (χ4n) is 4.70. The SMILES string of the molecule is CCCCC(CC)Cc1cc(CC(CC)CCCC)cc(B2OC(C)(C)C(C)(C)O2)c1. The third-order valence-electron chi connectivity index (χ3n) is 7.74. The number of unbranched alkanes of at least 4 members (excludes halogenated alkanes) is 2. The fourth-order valence-corrected chi connectivity index (χ4v) is 4.70. The molecule has 1 aliphatic rings. The van der Waals surface area contributed by atoms with E-state index in [2.05, 4.69) is 73.6 Å². The second-order valence-corrected chi connectivity index (χ2v) is 10.9. The molecule has 1 fully saturated rings. The van der Waals surface area contributed by atoms with Crippen LogP contribution in [0.4, 0.5) is 0 Å². The summed E-state index contributed by atoms with van der Waals surface area (Å²) in [5, 5.41) is 0. The van der Waals surface area contributed by atoms with Crippen LogP contribution < -0.4 is 5.46 Å². The molecule has 0 spiro atoms. The topological polar surface area (TPSA) is 18.5 Å². The first-order valence-electron chi connectivity index (χ1n) is 13.1. The van der Waals surface area contributed by atoms with E-state index in [0.29, 0.717) is 0 Å². The van der Waals surface area contributed by atoms with Crippen molar-refractivity contribution >= 4 is 12.6 Å². The molecule has 3 heteroatoms. The second kappa shape index (κ2) is 11.9. The predicted octanol–water partition coefficient (Wildman–Crippen LogP) is 7.50. The Morgan fingerprint density at radius 3 is 1.48 bits per heavy atom. The van der Waals surface area contributed by atoms with E-state index in [0.717, 1.165) is 11.8 Å². The van der Waals surface area contributed by atoms with Gasteiger partial charge in [-0.1, -0.05) is 97.3 Å². The molecule has 0 aromatic heterocycles. The fraction of sp³-hybridized carbons (Fsp3) is 0.786. The van der Waals surface area contributed by atoms with E-state index < -0.39 is 0 Å². The highest BCUT2D eigenvalue weighted by Gasteiger charge is 2.51. The minimum absolute atomic E-state index is 0.268. The number of hydrogen-bond acceptors (Lipinski definition) is 2. The highest BCUT2D eigenvalue weighted by atomic mass is 16.7. The summed E-state index contributed by atoms with van der Waals surface area (Å²) >= 11 is 0. The van der Waals surface area contributed by atoms with Crippen LogP contribution in [-0.4, -0.2) is 18.3 Å². The molecule has 1 heterocycles. The van der Waals surface area contributed by atoms with Crippen molar-refractivity contribution in [1.29, 1.82) is 0 Å². The highest BCUT2D eigenvalue weighted by molar-refractivity contribution is 6.62. The summed E-state index contributed by atoms with van der Waals surface area (Å²) in [6, 6.07) is 7.22. The molecule has 0 bridgehead atoms. The zero-order chi connectivity index (χ0) is 23.1. The highest BCUT2D eigenvalue weighted by Crippen LogP contribution is 2.36. The molecule has 1 aromatic carbocycles. The molecule has 2 atom stereocenters. The first kappa shape index (κ1) is 26.5. The molecule has 0 amide bonds. The van der Waals surface area contributed by atoms with Crippen molar-refractivity contribution in [2.75, 3.05) is 0 Å². The van der Waals surface area contributed by atoms with Gasteiger partial charge in [-0.15, -0.1) is 0 Å². The van der Waals surface area contributed by atoms with Crippen LogP contribution in [0, 0.1) is 11.8 Å². The van der Waals surface area contributed by atoms with Gasteiger partial charge < -0.3 is 9.31 Å². The van der Waals surface area contributed by atoms with Gasteiger partial charge in [0.1, 0.15) is 0 Å². The van der Waals surface area contributed by atoms with Gasteiger partial charge in [0.2, 0.25) is 0 Å². The van der Waals surface area contributed by atoms with Crippen molar-refractivity contribution < 1.29 is 9.31 Å². The van der Waals surface area contributed by atoms with Crippen LogP contribution in [0.25, 0.3) is 0 Å². The van der Waals surface area contributed by atoms with Crippen LogP contribution in [0.15, 0.2) is 18.2 Å². The van der Waals surface area contributed by atoms with E-state index in [1.165, 1.54) is 80.8 Å². The summed E-state index contributed by atoms with van der Waals surface area (Å²) in [5.41, 5.74) is 3.55. The molecule has 2 unspecified atom stereocenters. The Balaban J connectivity index is 2.31. The zero-order valence-corrected chi connectivity index (χ0v) is 21.9. The maximum absolute atomic E-state index is 6.43. The standard InChI is InChI=1S/C28H49BO2/c1-9-13-15-22(11-3)17-24-19-25(18-23(12-4)16-14-10-2)21-26(20-24)29-30-27(5,6)28(7,8)31-29/h19-23H,9-18H2,1-8H3. The summed E-state index contributed by atoms with van der Waals surface area (Å²) < 4.78 is 12.9. The lowest BCUT2D eigenvalue weighted by Gasteiger charge is -2.32. The van der Waals surface area contributed by atoms with Crippen molar-refractivity contribution in [3.63, 3.8) is 0 Å². The van der Waals surface area contributed by atoms with Gasteiger partial charge in [0.05, 0.1) is 11.2 Å². The van der Waals surface area contributed by atoms with Gasteiger partial charge in [0, 0.05) is 0 Å². The first-order valence-corrected chi connectivity index (χ1v) is 13.1. The molecule has 1 aliphatic heterocycles. The monoisotopic (exact) mass is 428 g/mol. The van der Waals surface area contributed by atoms with E-state index in [-0.39, 0.29) is 18.3 Å². The summed E-state index contributed by atoms with van der Waals surface area (Å²) in [4.78, 5) is 0. The van der Waals surface area contributed by atoms with Gasteiger partial charge in [-0.05, 0) is 69.0 Å². The van der Waals surface area contributed by atoms with Crippen molar-refractivity contribution in [1.82, 2.24) is 0 Å². The van der Waals surface area contributed by atoms with Crippen molar-refractivity contribution in [2.45, 2.75) is 131 Å². The Morgan fingerprint density at radius 1 is 0.710 bits per heavy atom. The molecule has 0 N–H and O–H groups in total. The van der Waals surface area contributed by atoms with Crippen molar-refractivity contribution in [3.05, 3.63) is 29.3 Å². The van der Waals surface area contributed by atoms with Gasteiger partial charge in [0.25, 0.3) is 0 Å². The zero-order valence-electron chi connectivity index (χ0n) is 21.9. The summed E-state index contributed by atoms with van der Waals surface area (Å²) in [7, 11) is -0.268. The van der Waals surface area contributed by atoms with Crippen molar-refractivity contribution in [3.8, 4) is 0 Å². The largest absolute Gasteiger partial charge is 0.494 e. The van der Waals surface area contributed by atoms with E-state index in [4.69, 9.17) is 9.31 Å². The lowest BCUT2D eigenvalue weighted by atomic mass is 9.75. The van der Waals surface area contributed by atoms with E-state index in [1.807, 2.05) is 0 Å². The summed E-state index contributed by atoms with van der Waals surface area (Å²) in [6.07, 6.45) is 12.7. The van der Waals surface area contributed by atoms with Crippen molar-refractivity contribution in [2.24, 2.45) is 11.8 Å². The van der Waals surface area contributed by atoms with Gasteiger partial charge >= 0.3 is 7.12 Å². The van der Waals surface area contributed by atoms with Crippen LogP contribution in [0.2, 0.25) is 0 Å². The molecule has 0 aliphatic carbocycles. The summed E-state index contributed by atoms with van der Waals surface area (Å²) in [5.74, 6) is 1.53. The minimum Gasteiger partial charge on any atom is -0.399 e. The molecule has 176 valence electrons. The number of benzene rings is 1. The number of rotatable bonds is 13. The van der Waals surface area contributed by atoms with Gasteiger partial charge in [0.15, 0.2) is 0 Å². The third-order valence-corrected chi connectivity index (χ3v) is 7.74. The smallest absolute Gasteiger partial charge is 0.399 e. The van der Waals surface area contributed by atoms with Crippen LogP contribution in [0.5, 0.6) is 0 Å². The lowest BCUT2D eigenvalue weighted by Crippen LogP contribution is -2.41. The number of hydrogen-bond donors (Lipinski definition) is 0. The minimum atomic E-state index is -0.298. The van der Waals surface area contributed by atoms with E-state index in [9.17, 15) is 0 Å². The van der Waals surface area contributed by atoms with E-state index >= 15 is 0 Å². The summed E-state index contributed by atoms with van der Waals surface area (Å²) in [6.45, 7) is 17.9. The molecule has 31 heavy (non-hydrogen) atoms. The second-order valence-electron chi connectivity index (χ2n) is 10.9. The van der Waals surface area contributed by atoms with Crippen LogP contribution in [-0.2, 0) is 22.2 Å². The Labute approximate surface area is 194 Å². The molecule has 0 saturated carbocycles. The first-order chi connectivity index (χ1) is 14.7. The molecule has 0 radical (unpaired) electrons. The molecular weight excluding hydrogens is 379 g/mol. The molecule has 1 saturated heterocycles. The predicted molar refractivity (Wildman–Crippen MR) is 136 cm³/mol. The quantitative estimate of drug-likeness (QED) is 0.303. The Kier molecular flexibility index (Phi) is 10.1. The van der Waals surface area contributed by atoms with Crippen LogP contribution in [0.1, 0.15) is 118 Å². The molecule has 2 rings (SSSR count). The maximum Gasteiger partial charge on any atom is 0.494 e. The van der Waals surface area contributed by atoms with Crippen LogP contribution in [0.3, 0.4) is 0 Å². The third kappa shape index (κ3) is 7.36. The van der Waals surface area contributed by atoms with Gasteiger partial charge in [-0.25, -0.2) is 0 Å². The molecule has 1 aromatic rings. The normalized spacial score (nSPS) is 19.5. The van der Waals surface area contributed by atoms with Gasteiger partial charge in [-0.3, -0.25) is 0 Å².